The van der Waals surface area contributed by atoms with Gasteiger partial charge in [-0.25, -0.2) is 0 Å². The van der Waals surface area contributed by atoms with Crippen molar-refractivity contribution in [3.63, 3.8) is 0 Å². The Morgan fingerprint density at radius 2 is 2.07 bits per heavy atom. The number of rotatable bonds is 6. The Hall–Kier alpha value is -2.32. The quantitative estimate of drug-likeness (QED) is 0.539. The first-order chi connectivity index (χ1) is 12.7. The number of thiophene rings is 1. The Morgan fingerprint density at radius 1 is 1.33 bits per heavy atom. The van der Waals surface area contributed by atoms with Gasteiger partial charge in [0.05, 0.1) is 25.1 Å². The molecule has 1 unspecified atom stereocenters. The summed E-state index contributed by atoms with van der Waals surface area (Å²) in [5, 5.41) is 4.51. The Balaban J connectivity index is 2.14. The Morgan fingerprint density at radius 3 is 2.67 bits per heavy atom. The minimum Gasteiger partial charge on any atom is -0.469 e. The lowest BCUT2D eigenvalue weighted by molar-refractivity contribution is -0.141. The van der Waals surface area contributed by atoms with Gasteiger partial charge >= 0.3 is 12.1 Å². The van der Waals surface area contributed by atoms with Crippen LogP contribution in [0.2, 0.25) is 5.02 Å². The molecule has 0 saturated carbocycles. The summed E-state index contributed by atoms with van der Waals surface area (Å²) in [5.41, 5.74) is -0.809. The van der Waals surface area contributed by atoms with Crippen LogP contribution in [0.4, 0.5) is 13.2 Å². The SMILES string of the molecule is COC(=O)CC(NC(=O)/C=C/c1cc(C(F)(F)F)ccc1Cl)c1cccs1. The van der Waals surface area contributed by atoms with Gasteiger partial charge in [0, 0.05) is 16.0 Å². The maximum absolute atomic E-state index is 12.8. The molecule has 0 aliphatic carbocycles. The van der Waals surface area contributed by atoms with E-state index in [1.807, 2.05) is 0 Å². The van der Waals surface area contributed by atoms with Gasteiger partial charge in [-0.1, -0.05) is 17.7 Å². The molecule has 1 amide bonds. The number of esters is 1. The zero-order valence-corrected chi connectivity index (χ0v) is 15.6. The van der Waals surface area contributed by atoms with E-state index in [0.717, 1.165) is 29.2 Å². The summed E-state index contributed by atoms with van der Waals surface area (Å²) in [6.45, 7) is 0. The number of benzene rings is 1. The van der Waals surface area contributed by atoms with E-state index in [-0.39, 0.29) is 17.0 Å². The van der Waals surface area contributed by atoms with Crippen LogP contribution in [-0.4, -0.2) is 19.0 Å². The fourth-order valence-electron chi connectivity index (χ4n) is 2.20. The van der Waals surface area contributed by atoms with Gasteiger partial charge < -0.3 is 10.1 Å². The van der Waals surface area contributed by atoms with Crippen molar-refractivity contribution in [2.24, 2.45) is 0 Å². The summed E-state index contributed by atoms with van der Waals surface area (Å²) in [6.07, 6.45) is -2.32. The van der Waals surface area contributed by atoms with Gasteiger partial charge in [0.1, 0.15) is 0 Å². The number of ether oxygens (including phenoxy) is 1. The molecular formula is C18H15ClF3NO3S. The van der Waals surface area contributed by atoms with E-state index in [1.165, 1.54) is 24.5 Å². The summed E-state index contributed by atoms with van der Waals surface area (Å²) in [4.78, 5) is 24.5. The largest absolute Gasteiger partial charge is 0.469 e. The number of nitrogens with one attached hydrogen (secondary N) is 1. The monoisotopic (exact) mass is 417 g/mol. The highest BCUT2D eigenvalue weighted by molar-refractivity contribution is 7.10. The highest BCUT2D eigenvalue weighted by Crippen LogP contribution is 2.32. The van der Waals surface area contributed by atoms with Crippen LogP contribution in [-0.2, 0) is 20.5 Å². The van der Waals surface area contributed by atoms with Crippen LogP contribution < -0.4 is 5.32 Å². The van der Waals surface area contributed by atoms with Gasteiger partial charge in [-0.05, 0) is 41.3 Å². The van der Waals surface area contributed by atoms with Crippen LogP contribution in [0.15, 0.2) is 41.8 Å². The minimum atomic E-state index is -4.51. The molecule has 0 aliphatic rings. The van der Waals surface area contributed by atoms with E-state index < -0.39 is 29.7 Å². The molecule has 0 fully saturated rings. The first-order valence-corrected chi connectivity index (χ1v) is 8.92. The molecule has 9 heteroatoms. The van der Waals surface area contributed by atoms with Crippen molar-refractivity contribution in [1.29, 1.82) is 0 Å². The zero-order valence-electron chi connectivity index (χ0n) is 14.0. The zero-order chi connectivity index (χ0) is 20.0. The van der Waals surface area contributed by atoms with Crippen LogP contribution in [0.1, 0.15) is 28.5 Å². The molecule has 27 heavy (non-hydrogen) atoms. The highest BCUT2D eigenvalue weighted by Gasteiger charge is 2.30. The number of alkyl halides is 3. The Bertz CT molecular complexity index is 835. The van der Waals surface area contributed by atoms with Gasteiger partial charge in [-0.2, -0.15) is 13.2 Å². The molecule has 2 aromatic rings. The number of amides is 1. The average Bonchev–Trinajstić information content (AvgIpc) is 3.14. The molecule has 4 nitrogen and oxygen atoms in total. The molecule has 1 aromatic heterocycles. The molecule has 1 aromatic carbocycles. The van der Waals surface area contributed by atoms with Crippen molar-refractivity contribution in [1.82, 2.24) is 5.32 Å². The van der Waals surface area contributed by atoms with Gasteiger partial charge in [0.15, 0.2) is 0 Å². The van der Waals surface area contributed by atoms with Gasteiger partial charge in [-0.15, -0.1) is 11.3 Å². The van der Waals surface area contributed by atoms with Gasteiger partial charge in [-0.3, -0.25) is 9.59 Å². The van der Waals surface area contributed by atoms with Crippen LogP contribution in [0, 0.1) is 0 Å². The number of carbonyl (C=O) groups excluding carboxylic acids is 2. The lowest BCUT2D eigenvalue weighted by Gasteiger charge is -2.15. The number of hydrogen-bond acceptors (Lipinski definition) is 4. The van der Waals surface area contributed by atoms with Crippen LogP contribution in [0.5, 0.6) is 0 Å². The molecule has 0 aliphatic heterocycles. The fourth-order valence-corrected chi connectivity index (χ4v) is 3.15. The molecule has 0 spiro atoms. The van der Waals surface area contributed by atoms with Crippen molar-refractivity contribution in [3.8, 4) is 0 Å². The number of carbonyl (C=O) groups is 2. The molecule has 1 heterocycles. The maximum Gasteiger partial charge on any atom is 0.416 e. The van der Waals surface area contributed by atoms with E-state index >= 15 is 0 Å². The van der Waals surface area contributed by atoms with Crippen molar-refractivity contribution in [3.05, 3.63) is 62.8 Å². The standard InChI is InChI=1S/C18H15ClF3NO3S/c1-26-17(25)10-14(15-3-2-8-27-15)23-16(24)7-4-11-9-12(18(20,21)22)5-6-13(11)19/h2-9,14H,10H2,1H3,(H,23,24)/b7-4+. The smallest absolute Gasteiger partial charge is 0.416 e. The van der Waals surface area contributed by atoms with Crippen molar-refractivity contribution in [2.45, 2.75) is 18.6 Å². The van der Waals surface area contributed by atoms with E-state index in [4.69, 9.17) is 11.6 Å². The molecule has 0 radical (unpaired) electrons. The third kappa shape index (κ3) is 6.11. The first kappa shape index (κ1) is 21.0. The number of hydrogen-bond donors (Lipinski definition) is 1. The van der Waals surface area contributed by atoms with Crippen LogP contribution in [0.25, 0.3) is 6.08 Å². The second-order valence-corrected chi connectivity index (χ2v) is 6.81. The summed E-state index contributed by atoms with van der Waals surface area (Å²) in [7, 11) is 1.24. The van der Waals surface area contributed by atoms with E-state index in [2.05, 4.69) is 10.1 Å². The van der Waals surface area contributed by atoms with Crippen molar-refractivity contribution in [2.75, 3.05) is 7.11 Å². The normalized spacial score (nSPS) is 12.8. The number of halogens is 4. The predicted octanol–water partition coefficient (Wildman–Crippen LogP) is 4.85. The van der Waals surface area contributed by atoms with Gasteiger partial charge in [0.2, 0.25) is 5.91 Å². The molecule has 1 atom stereocenters. The molecule has 2 rings (SSSR count). The second-order valence-electron chi connectivity index (χ2n) is 5.42. The lowest BCUT2D eigenvalue weighted by Crippen LogP contribution is -2.28. The summed E-state index contributed by atoms with van der Waals surface area (Å²) < 4.78 is 43.0. The lowest BCUT2D eigenvalue weighted by atomic mass is 10.1. The maximum atomic E-state index is 12.8. The third-order valence-electron chi connectivity index (χ3n) is 3.54. The molecule has 0 bridgehead atoms. The van der Waals surface area contributed by atoms with Crippen LogP contribution >= 0.6 is 22.9 Å². The fraction of sp³-hybridized carbons (Fsp3) is 0.222. The average molecular weight is 418 g/mol. The second kappa shape index (κ2) is 9.05. The third-order valence-corrected chi connectivity index (χ3v) is 4.87. The highest BCUT2D eigenvalue weighted by atomic mass is 35.5. The summed E-state index contributed by atoms with van der Waals surface area (Å²) in [5.74, 6) is -1.08. The molecule has 144 valence electrons. The Labute approximate surface area is 162 Å². The summed E-state index contributed by atoms with van der Waals surface area (Å²) in [6, 6.07) is 5.76. The predicted molar refractivity (Wildman–Crippen MR) is 97.3 cm³/mol. The van der Waals surface area contributed by atoms with E-state index in [1.54, 1.807) is 17.5 Å². The van der Waals surface area contributed by atoms with Gasteiger partial charge in [0.25, 0.3) is 0 Å². The van der Waals surface area contributed by atoms with Crippen molar-refractivity contribution >= 4 is 40.9 Å². The molecule has 0 saturated heterocycles. The topological polar surface area (TPSA) is 55.4 Å². The van der Waals surface area contributed by atoms with Crippen molar-refractivity contribution < 1.29 is 27.5 Å². The number of methoxy groups -OCH3 is 1. The van der Waals surface area contributed by atoms with E-state index in [9.17, 15) is 22.8 Å². The minimum absolute atomic E-state index is 0.0577. The molecular weight excluding hydrogens is 403 g/mol. The van der Waals surface area contributed by atoms with Crippen LogP contribution in [0.3, 0.4) is 0 Å². The first-order valence-electron chi connectivity index (χ1n) is 7.66. The molecule has 1 N–H and O–H groups in total. The van der Waals surface area contributed by atoms with E-state index in [0.29, 0.717) is 0 Å². The summed E-state index contributed by atoms with van der Waals surface area (Å²) >= 11 is 7.25. The Kier molecular flexibility index (Phi) is 7.04.